The first-order valence-corrected chi connectivity index (χ1v) is 9.52. The summed E-state index contributed by atoms with van der Waals surface area (Å²) >= 11 is 9.88. The van der Waals surface area contributed by atoms with E-state index in [1.807, 2.05) is 26.0 Å². The highest BCUT2D eigenvalue weighted by molar-refractivity contribution is 9.10. The molecule has 0 aliphatic rings. The minimum Gasteiger partial charge on any atom is -0.618 e. The number of nitrogens with zero attached hydrogens (tertiary/aromatic N) is 1. The van der Waals surface area contributed by atoms with Gasteiger partial charge in [-0.1, -0.05) is 41.4 Å². The van der Waals surface area contributed by atoms with Crippen LogP contribution in [0.4, 0.5) is 5.69 Å². The van der Waals surface area contributed by atoms with E-state index in [1.54, 1.807) is 13.8 Å². The summed E-state index contributed by atoms with van der Waals surface area (Å²) in [6, 6.07) is 3.96. The zero-order valence-electron chi connectivity index (χ0n) is 15.5. The number of amides is 1. The molecule has 1 amide bonds. The van der Waals surface area contributed by atoms with Crippen molar-refractivity contribution < 1.29 is 14.3 Å². The van der Waals surface area contributed by atoms with Crippen molar-refractivity contribution in [3.63, 3.8) is 0 Å². The Morgan fingerprint density at radius 2 is 1.77 bits per heavy atom. The Labute approximate surface area is 167 Å². The number of hydrogen-bond donors (Lipinski definition) is 1. The minimum absolute atomic E-state index is 0.121. The number of hydrogen-bond acceptors (Lipinski definition) is 3. The first-order chi connectivity index (χ1) is 12.3. The summed E-state index contributed by atoms with van der Waals surface area (Å²) in [7, 11) is 1.42. The standard InChI is InChI=1S/C19H22BrClN2O3/c1-6-12-8-14(20)9-13(7-2)17(12)22-19(24)15-10(3)23(25)11(4)18(26-5)16(15)21/h8-9H,6-7H2,1-5H3,(H,22,24). The van der Waals surface area contributed by atoms with Gasteiger partial charge in [-0.25, -0.2) is 0 Å². The zero-order valence-corrected chi connectivity index (χ0v) is 17.8. The third-order valence-corrected chi connectivity index (χ3v) is 5.23. The Kier molecular flexibility index (Phi) is 6.53. The van der Waals surface area contributed by atoms with Crippen molar-refractivity contribution in [1.82, 2.24) is 0 Å². The molecular weight excluding hydrogens is 420 g/mol. The molecule has 2 aromatic rings. The third-order valence-electron chi connectivity index (χ3n) is 4.42. The van der Waals surface area contributed by atoms with Crippen molar-refractivity contribution in [2.75, 3.05) is 12.4 Å². The fourth-order valence-electron chi connectivity index (χ4n) is 3.00. The van der Waals surface area contributed by atoms with Crippen LogP contribution in [0.15, 0.2) is 16.6 Å². The van der Waals surface area contributed by atoms with E-state index in [9.17, 15) is 10.0 Å². The number of carbonyl (C=O) groups excluding carboxylic acids is 1. The van der Waals surface area contributed by atoms with Crippen molar-refractivity contribution >= 4 is 39.1 Å². The molecule has 26 heavy (non-hydrogen) atoms. The summed E-state index contributed by atoms with van der Waals surface area (Å²) < 4.78 is 6.85. The molecule has 5 nitrogen and oxygen atoms in total. The van der Waals surface area contributed by atoms with Gasteiger partial charge < -0.3 is 15.3 Å². The highest BCUT2D eigenvalue weighted by Crippen LogP contribution is 2.33. The number of aryl methyl sites for hydroxylation is 2. The van der Waals surface area contributed by atoms with Gasteiger partial charge in [-0.15, -0.1) is 0 Å². The molecule has 0 aliphatic heterocycles. The summed E-state index contributed by atoms with van der Waals surface area (Å²) in [6.07, 6.45) is 1.51. The van der Waals surface area contributed by atoms with Crippen molar-refractivity contribution in [3.05, 3.63) is 54.9 Å². The Hall–Kier alpha value is -1.79. The lowest BCUT2D eigenvalue weighted by molar-refractivity contribution is -0.619. The molecule has 140 valence electrons. The van der Waals surface area contributed by atoms with Crippen LogP contribution in [0.25, 0.3) is 0 Å². The van der Waals surface area contributed by atoms with E-state index in [-0.39, 0.29) is 22.0 Å². The molecule has 0 atom stereocenters. The van der Waals surface area contributed by atoms with E-state index in [2.05, 4.69) is 21.2 Å². The fraction of sp³-hybridized carbons (Fsp3) is 0.368. The predicted octanol–water partition coefficient (Wildman–Crippen LogP) is 4.74. The predicted molar refractivity (Wildman–Crippen MR) is 107 cm³/mol. The summed E-state index contributed by atoms with van der Waals surface area (Å²) in [6.45, 7) is 7.22. The average molecular weight is 442 g/mol. The Morgan fingerprint density at radius 3 is 2.23 bits per heavy atom. The number of rotatable bonds is 5. The molecule has 0 fully saturated rings. The smallest absolute Gasteiger partial charge is 0.263 e. The van der Waals surface area contributed by atoms with Crippen LogP contribution in [0.1, 0.15) is 46.7 Å². The molecule has 0 aliphatic carbocycles. The molecule has 7 heteroatoms. The van der Waals surface area contributed by atoms with Crippen LogP contribution in [-0.4, -0.2) is 13.0 Å². The number of aromatic nitrogens is 1. The Bertz CT molecular complexity index is 844. The van der Waals surface area contributed by atoms with Gasteiger partial charge in [0.1, 0.15) is 10.6 Å². The second-order valence-electron chi connectivity index (χ2n) is 5.95. The van der Waals surface area contributed by atoms with E-state index in [1.165, 1.54) is 7.11 Å². The van der Waals surface area contributed by atoms with Gasteiger partial charge in [0.15, 0.2) is 0 Å². The van der Waals surface area contributed by atoms with Crippen molar-refractivity contribution in [2.24, 2.45) is 0 Å². The lowest BCUT2D eigenvalue weighted by Crippen LogP contribution is -2.37. The molecule has 0 spiro atoms. The van der Waals surface area contributed by atoms with Crippen molar-refractivity contribution in [3.8, 4) is 5.75 Å². The molecule has 0 bridgehead atoms. The zero-order chi connectivity index (χ0) is 19.6. The molecule has 1 heterocycles. The highest BCUT2D eigenvalue weighted by Gasteiger charge is 2.28. The number of halogens is 2. The van der Waals surface area contributed by atoms with Gasteiger partial charge in [-0.05, 0) is 36.1 Å². The maximum atomic E-state index is 13.0. The SMILES string of the molecule is CCc1cc(Br)cc(CC)c1NC(=O)c1c(Cl)c(OC)c(C)[n+]([O-])c1C. The van der Waals surface area contributed by atoms with Gasteiger partial charge in [0.25, 0.3) is 5.91 Å². The van der Waals surface area contributed by atoms with Crippen molar-refractivity contribution in [2.45, 2.75) is 40.5 Å². The van der Waals surface area contributed by atoms with Crippen LogP contribution >= 0.6 is 27.5 Å². The quantitative estimate of drug-likeness (QED) is 0.538. The second-order valence-corrected chi connectivity index (χ2v) is 7.24. The number of ether oxygens (including phenoxy) is 1. The summed E-state index contributed by atoms with van der Waals surface area (Å²) in [5.74, 6) is -0.221. The normalized spacial score (nSPS) is 10.7. The average Bonchev–Trinajstić information content (AvgIpc) is 2.61. The first-order valence-electron chi connectivity index (χ1n) is 8.35. The minimum atomic E-state index is -0.429. The molecule has 0 unspecified atom stereocenters. The Balaban J connectivity index is 2.58. The fourth-order valence-corrected chi connectivity index (χ4v) is 3.99. The lowest BCUT2D eigenvalue weighted by Gasteiger charge is -2.18. The molecule has 1 N–H and O–H groups in total. The van der Waals surface area contributed by atoms with Gasteiger partial charge in [0.2, 0.25) is 17.1 Å². The van der Waals surface area contributed by atoms with Gasteiger partial charge in [-0.2, -0.15) is 4.73 Å². The Morgan fingerprint density at radius 1 is 1.23 bits per heavy atom. The largest absolute Gasteiger partial charge is 0.618 e. The van der Waals surface area contributed by atoms with Gasteiger partial charge in [-0.3, -0.25) is 4.79 Å². The van der Waals surface area contributed by atoms with E-state index >= 15 is 0 Å². The number of anilines is 1. The number of carbonyl (C=O) groups is 1. The molecular formula is C19H22BrClN2O3. The summed E-state index contributed by atoms with van der Waals surface area (Å²) in [5, 5.41) is 15.5. The number of pyridine rings is 1. The third kappa shape index (κ3) is 3.67. The highest BCUT2D eigenvalue weighted by atomic mass is 79.9. The van der Waals surface area contributed by atoms with E-state index < -0.39 is 5.91 Å². The van der Waals surface area contributed by atoms with Crippen LogP contribution in [0.2, 0.25) is 5.02 Å². The molecule has 0 saturated carbocycles. The monoisotopic (exact) mass is 440 g/mol. The number of methoxy groups -OCH3 is 1. The van der Waals surface area contributed by atoms with Crippen LogP contribution in [0.5, 0.6) is 5.75 Å². The summed E-state index contributed by atoms with van der Waals surface area (Å²) in [5.41, 5.74) is 3.45. The lowest BCUT2D eigenvalue weighted by atomic mass is 10.0. The van der Waals surface area contributed by atoms with Crippen LogP contribution in [0.3, 0.4) is 0 Å². The maximum absolute atomic E-state index is 13.0. The van der Waals surface area contributed by atoms with Gasteiger partial charge >= 0.3 is 0 Å². The van der Waals surface area contributed by atoms with Crippen LogP contribution < -0.4 is 14.8 Å². The first kappa shape index (κ1) is 20.5. The van der Waals surface area contributed by atoms with E-state index in [4.69, 9.17) is 16.3 Å². The van der Waals surface area contributed by atoms with E-state index in [0.29, 0.717) is 10.4 Å². The van der Waals surface area contributed by atoms with E-state index in [0.717, 1.165) is 34.1 Å². The molecule has 0 radical (unpaired) electrons. The van der Waals surface area contributed by atoms with Gasteiger partial charge in [0.05, 0.1) is 7.11 Å². The topological polar surface area (TPSA) is 65.3 Å². The second kappa shape index (κ2) is 8.27. The van der Waals surface area contributed by atoms with Crippen LogP contribution in [-0.2, 0) is 12.8 Å². The number of benzene rings is 1. The molecule has 0 saturated heterocycles. The molecule has 2 rings (SSSR count). The molecule has 1 aromatic carbocycles. The maximum Gasteiger partial charge on any atom is 0.263 e. The van der Waals surface area contributed by atoms with Gasteiger partial charge in [0, 0.05) is 24.0 Å². The molecule has 1 aromatic heterocycles. The summed E-state index contributed by atoms with van der Waals surface area (Å²) in [4.78, 5) is 13.0. The van der Waals surface area contributed by atoms with Crippen LogP contribution in [0, 0.1) is 19.1 Å². The number of nitrogens with one attached hydrogen (secondary N) is 1. The van der Waals surface area contributed by atoms with Crippen molar-refractivity contribution in [1.29, 1.82) is 0 Å².